The molecule has 2 aliphatic carbocycles. The van der Waals surface area contributed by atoms with Crippen LogP contribution in [-0.2, 0) is 4.74 Å². The van der Waals surface area contributed by atoms with Crippen LogP contribution in [0.1, 0.15) is 153 Å². The van der Waals surface area contributed by atoms with Crippen LogP contribution < -0.4 is 0 Å². The lowest BCUT2D eigenvalue weighted by atomic mass is 9.50. The van der Waals surface area contributed by atoms with Crippen molar-refractivity contribution < 1.29 is 4.74 Å². The van der Waals surface area contributed by atoms with E-state index in [1.807, 2.05) is 0 Å². The van der Waals surface area contributed by atoms with Crippen molar-refractivity contribution in [2.24, 2.45) is 45.8 Å². The quantitative estimate of drug-likeness (QED) is 0.228. The molecule has 1 nitrogen and oxygen atoms in total. The van der Waals surface area contributed by atoms with Crippen molar-refractivity contribution in [2.75, 3.05) is 6.61 Å². The lowest BCUT2D eigenvalue weighted by Crippen LogP contribution is -2.58. The van der Waals surface area contributed by atoms with Crippen molar-refractivity contribution in [3.63, 3.8) is 0 Å². The Labute approximate surface area is 216 Å². The highest BCUT2D eigenvalue weighted by atomic mass is 16.5. The molecule has 0 saturated heterocycles. The summed E-state index contributed by atoms with van der Waals surface area (Å²) >= 11 is 0. The predicted octanol–water partition coefficient (Wildman–Crippen LogP) is 10.7. The normalized spacial score (nSPS) is 39.4. The highest BCUT2D eigenvalue weighted by Gasteiger charge is 2.57. The molecule has 0 aromatic heterocycles. The van der Waals surface area contributed by atoms with E-state index in [0.717, 1.165) is 30.3 Å². The highest BCUT2D eigenvalue weighted by molar-refractivity contribution is 5.07. The van der Waals surface area contributed by atoms with Gasteiger partial charge in [-0.25, -0.2) is 0 Å². The summed E-state index contributed by atoms with van der Waals surface area (Å²) in [5.74, 6) is 4.28. The molecular formula is C33H64O. The number of hydrogen-bond donors (Lipinski definition) is 0. The summed E-state index contributed by atoms with van der Waals surface area (Å²) in [6.45, 7) is 28.1. The van der Waals surface area contributed by atoms with Crippen molar-refractivity contribution in [1.29, 1.82) is 0 Å². The van der Waals surface area contributed by atoms with Gasteiger partial charge in [-0.3, -0.25) is 0 Å². The molecule has 2 saturated carbocycles. The second-order valence-corrected chi connectivity index (χ2v) is 14.4. The summed E-state index contributed by atoms with van der Waals surface area (Å²) in [5.41, 5.74) is 1.50. The molecule has 9 unspecified atom stereocenters. The topological polar surface area (TPSA) is 9.23 Å². The fourth-order valence-corrected chi connectivity index (χ4v) is 9.19. The molecule has 0 amide bonds. The van der Waals surface area contributed by atoms with Gasteiger partial charge in [0.2, 0.25) is 0 Å². The zero-order chi connectivity index (χ0) is 25.8. The Kier molecular flexibility index (Phi) is 10.7. The Morgan fingerprint density at radius 2 is 1.53 bits per heavy atom. The first-order valence-electron chi connectivity index (χ1n) is 15.5. The first-order chi connectivity index (χ1) is 15.8. The van der Waals surface area contributed by atoms with Crippen molar-refractivity contribution in [1.82, 2.24) is 0 Å². The minimum Gasteiger partial charge on any atom is -0.375 e. The minimum atomic E-state index is 0.101. The molecule has 0 aliphatic heterocycles. The third-order valence-corrected chi connectivity index (χ3v) is 11.6. The molecular weight excluding hydrogens is 412 g/mol. The van der Waals surface area contributed by atoms with Gasteiger partial charge >= 0.3 is 0 Å². The van der Waals surface area contributed by atoms with Gasteiger partial charge in [0.1, 0.15) is 0 Å². The van der Waals surface area contributed by atoms with Gasteiger partial charge in [-0.05, 0) is 105 Å². The van der Waals surface area contributed by atoms with E-state index in [4.69, 9.17) is 4.74 Å². The fraction of sp³-hybridized carbons (Fsp3) is 1.00. The molecule has 0 aromatic carbocycles. The van der Waals surface area contributed by atoms with Gasteiger partial charge in [0.05, 0.1) is 5.60 Å². The summed E-state index contributed by atoms with van der Waals surface area (Å²) in [4.78, 5) is 0. The highest BCUT2D eigenvalue weighted by Crippen LogP contribution is 2.61. The zero-order valence-electron chi connectivity index (χ0n) is 25.5. The summed E-state index contributed by atoms with van der Waals surface area (Å²) in [6.07, 6.45) is 16.6. The van der Waals surface area contributed by atoms with E-state index in [1.165, 1.54) is 77.0 Å². The van der Waals surface area contributed by atoms with Crippen LogP contribution in [0.3, 0.4) is 0 Å². The molecule has 34 heavy (non-hydrogen) atoms. The standard InChI is InChI=1S/C33H64O/c1-12-16-19-30(8,20-21-31(9)24-33(11,27(31)7)34-15-4)23-32(10,18-14-3)29-22-28(17-13-2)25(5)26(29)6/h25-29H,12-24H2,1-11H3. The Bertz CT molecular complexity index is 614. The molecule has 2 fully saturated rings. The second kappa shape index (κ2) is 12.0. The van der Waals surface area contributed by atoms with Gasteiger partial charge in [-0.2, -0.15) is 0 Å². The lowest BCUT2D eigenvalue weighted by Gasteiger charge is -2.60. The predicted molar refractivity (Wildman–Crippen MR) is 151 cm³/mol. The van der Waals surface area contributed by atoms with Crippen molar-refractivity contribution >= 4 is 0 Å². The van der Waals surface area contributed by atoms with Gasteiger partial charge in [-0.1, -0.05) is 94.4 Å². The molecule has 2 rings (SSSR count). The average molecular weight is 477 g/mol. The maximum absolute atomic E-state index is 6.20. The van der Waals surface area contributed by atoms with Crippen LogP contribution in [0.2, 0.25) is 0 Å². The van der Waals surface area contributed by atoms with E-state index in [2.05, 4.69) is 76.2 Å². The molecule has 2 aliphatic rings. The molecule has 0 radical (unpaired) electrons. The number of ether oxygens (including phenoxy) is 1. The SMILES string of the molecule is CCCCC(C)(CCC1(C)CC(C)(OCC)C1C)CC(C)(CCC)C1CC(CCC)C(C)C1C. The zero-order valence-corrected chi connectivity index (χ0v) is 25.5. The second-order valence-electron chi connectivity index (χ2n) is 14.4. The van der Waals surface area contributed by atoms with Crippen LogP contribution in [0, 0.1) is 45.8 Å². The van der Waals surface area contributed by atoms with Crippen LogP contribution >= 0.6 is 0 Å². The smallest absolute Gasteiger partial charge is 0.0690 e. The molecule has 1 heteroatoms. The average Bonchev–Trinajstić information content (AvgIpc) is 3.06. The number of hydrogen-bond acceptors (Lipinski definition) is 1. The van der Waals surface area contributed by atoms with Gasteiger partial charge in [0, 0.05) is 6.61 Å². The van der Waals surface area contributed by atoms with Crippen molar-refractivity contribution in [3.05, 3.63) is 0 Å². The van der Waals surface area contributed by atoms with Crippen molar-refractivity contribution in [2.45, 2.75) is 159 Å². The van der Waals surface area contributed by atoms with Gasteiger partial charge in [-0.15, -0.1) is 0 Å². The van der Waals surface area contributed by atoms with E-state index in [-0.39, 0.29) is 5.60 Å². The molecule has 0 bridgehead atoms. The van der Waals surface area contributed by atoms with E-state index >= 15 is 0 Å². The molecule has 0 spiro atoms. The molecule has 0 heterocycles. The molecule has 9 atom stereocenters. The van der Waals surface area contributed by atoms with Crippen LogP contribution in [0.15, 0.2) is 0 Å². The molecule has 0 aromatic rings. The monoisotopic (exact) mass is 476 g/mol. The van der Waals surface area contributed by atoms with E-state index in [1.54, 1.807) is 0 Å². The van der Waals surface area contributed by atoms with E-state index in [0.29, 0.717) is 22.2 Å². The largest absolute Gasteiger partial charge is 0.375 e. The van der Waals surface area contributed by atoms with E-state index < -0.39 is 0 Å². The Morgan fingerprint density at radius 1 is 0.853 bits per heavy atom. The fourth-order valence-electron chi connectivity index (χ4n) is 9.19. The summed E-state index contributed by atoms with van der Waals surface area (Å²) < 4.78 is 6.20. The van der Waals surface area contributed by atoms with E-state index in [9.17, 15) is 0 Å². The third kappa shape index (κ3) is 6.44. The first-order valence-corrected chi connectivity index (χ1v) is 15.5. The van der Waals surface area contributed by atoms with Crippen LogP contribution in [-0.4, -0.2) is 12.2 Å². The van der Waals surface area contributed by atoms with Gasteiger partial charge in [0.25, 0.3) is 0 Å². The summed E-state index contributed by atoms with van der Waals surface area (Å²) in [5, 5.41) is 0. The van der Waals surface area contributed by atoms with Crippen LogP contribution in [0.25, 0.3) is 0 Å². The summed E-state index contributed by atoms with van der Waals surface area (Å²) in [7, 11) is 0. The summed E-state index contributed by atoms with van der Waals surface area (Å²) in [6, 6.07) is 0. The van der Waals surface area contributed by atoms with Gasteiger partial charge in [0.15, 0.2) is 0 Å². The first kappa shape index (κ1) is 30.2. The van der Waals surface area contributed by atoms with Crippen LogP contribution in [0.5, 0.6) is 0 Å². The number of unbranched alkanes of at least 4 members (excludes halogenated alkanes) is 1. The lowest BCUT2D eigenvalue weighted by molar-refractivity contribution is -0.204. The van der Waals surface area contributed by atoms with Gasteiger partial charge < -0.3 is 4.74 Å². The minimum absolute atomic E-state index is 0.101. The maximum Gasteiger partial charge on any atom is 0.0690 e. The Morgan fingerprint density at radius 3 is 2.06 bits per heavy atom. The Balaban J connectivity index is 2.19. The molecule has 0 N–H and O–H groups in total. The van der Waals surface area contributed by atoms with Crippen molar-refractivity contribution in [3.8, 4) is 0 Å². The maximum atomic E-state index is 6.20. The van der Waals surface area contributed by atoms with Crippen LogP contribution in [0.4, 0.5) is 0 Å². The molecule has 202 valence electrons. The Hall–Kier alpha value is -0.0400. The third-order valence-electron chi connectivity index (χ3n) is 11.6. The number of rotatable bonds is 15.